The molecule has 2 N–H and O–H groups in total. The number of aromatic amines is 1. The van der Waals surface area contributed by atoms with Crippen molar-refractivity contribution in [2.24, 2.45) is 0 Å². The molecule has 1 heterocycles. The molecular formula is C15H13N3O2. The van der Waals surface area contributed by atoms with Crippen molar-refractivity contribution in [1.82, 2.24) is 4.98 Å². The van der Waals surface area contributed by atoms with Crippen molar-refractivity contribution in [3.05, 3.63) is 70.4 Å². The Hall–Kier alpha value is -2.82. The van der Waals surface area contributed by atoms with Gasteiger partial charge in [0.1, 0.15) is 0 Å². The summed E-state index contributed by atoms with van der Waals surface area (Å²) in [5.74, 6) is 0. The van der Waals surface area contributed by atoms with E-state index < -0.39 is 4.92 Å². The Bertz CT molecular complexity index is 764. The van der Waals surface area contributed by atoms with Crippen LogP contribution in [0.15, 0.2) is 54.7 Å². The lowest BCUT2D eigenvalue weighted by molar-refractivity contribution is -0.384. The molecule has 0 aliphatic carbocycles. The lowest BCUT2D eigenvalue weighted by atomic mass is 10.1. The predicted octanol–water partition coefficient (Wildman–Crippen LogP) is 3.69. The molecule has 5 heteroatoms. The minimum atomic E-state index is -0.391. The van der Waals surface area contributed by atoms with Gasteiger partial charge in [0.25, 0.3) is 5.69 Å². The number of anilines is 1. The van der Waals surface area contributed by atoms with E-state index in [-0.39, 0.29) is 5.69 Å². The second-order valence-corrected chi connectivity index (χ2v) is 4.52. The molecule has 0 fully saturated rings. The molecule has 3 aromatic rings. The van der Waals surface area contributed by atoms with E-state index in [1.807, 2.05) is 36.5 Å². The Kier molecular flexibility index (Phi) is 3.09. The Balaban J connectivity index is 1.81. The third kappa shape index (κ3) is 2.33. The van der Waals surface area contributed by atoms with Crippen molar-refractivity contribution in [3.63, 3.8) is 0 Å². The van der Waals surface area contributed by atoms with Crippen molar-refractivity contribution in [3.8, 4) is 0 Å². The number of H-pyrrole nitrogens is 1. The summed E-state index contributed by atoms with van der Waals surface area (Å²) in [5.41, 5.74) is 3.07. The fourth-order valence-corrected chi connectivity index (χ4v) is 2.23. The number of nitrogens with one attached hydrogen (secondary N) is 2. The highest BCUT2D eigenvalue weighted by atomic mass is 16.6. The average molecular weight is 267 g/mol. The molecule has 0 aliphatic heterocycles. The van der Waals surface area contributed by atoms with Crippen LogP contribution in [0, 0.1) is 10.1 Å². The van der Waals surface area contributed by atoms with E-state index in [9.17, 15) is 10.1 Å². The zero-order chi connectivity index (χ0) is 13.9. The second kappa shape index (κ2) is 5.05. The second-order valence-electron chi connectivity index (χ2n) is 4.52. The molecular weight excluding hydrogens is 254 g/mol. The molecule has 2 aromatic carbocycles. The van der Waals surface area contributed by atoms with E-state index in [0.29, 0.717) is 6.54 Å². The van der Waals surface area contributed by atoms with Crippen molar-refractivity contribution in [2.45, 2.75) is 6.54 Å². The number of rotatable bonds is 4. The van der Waals surface area contributed by atoms with Gasteiger partial charge in [0.15, 0.2) is 0 Å². The number of benzene rings is 2. The Labute approximate surface area is 115 Å². The molecule has 0 saturated heterocycles. The van der Waals surface area contributed by atoms with Crippen LogP contribution in [0.2, 0.25) is 0 Å². The summed E-state index contributed by atoms with van der Waals surface area (Å²) < 4.78 is 0. The van der Waals surface area contributed by atoms with Crippen molar-refractivity contribution >= 4 is 22.3 Å². The quantitative estimate of drug-likeness (QED) is 0.559. The molecule has 0 aliphatic rings. The van der Waals surface area contributed by atoms with E-state index in [1.165, 1.54) is 12.1 Å². The highest BCUT2D eigenvalue weighted by Gasteiger charge is 2.06. The van der Waals surface area contributed by atoms with E-state index in [4.69, 9.17) is 0 Å². The largest absolute Gasteiger partial charge is 0.381 e. The van der Waals surface area contributed by atoms with Crippen molar-refractivity contribution < 1.29 is 4.92 Å². The summed E-state index contributed by atoms with van der Waals surface area (Å²) in [7, 11) is 0. The van der Waals surface area contributed by atoms with E-state index in [2.05, 4.69) is 10.3 Å². The van der Waals surface area contributed by atoms with Gasteiger partial charge in [0.05, 0.1) is 4.92 Å². The molecule has 20 heavy (non-hydrogen) atoms. The van der Waals surface area contributed by atoms with Gasteiger partial charge in [-0.25, -0.2) is 0 Å². The van der Waals surface area contributed by atoms with Gasteiger partial charge in [0.2, 0.25) is 0 Å². The van der Waals surface area contributed by atoms with Gasteiger partial charge >= 0.3 is 0 Å². The number of non-ortho nitro benzene ring substituents is 1. The summed E-state index contributed by atoms with van der Waals surface area (Å²) in [6.07, 6.45) is 1.90. The minimum Gasteiger partial charge on any atom is -0.381 e. The lowest BCUT2D eigenvalue weighted by Crippen LogP contribution is -2.00. The summed E-state index contributed by atoms with van der Waals surface area (Å²) in [6.45, 7) is 0.621. The number of fused-ring (bicyclic) bond motifs is 1. The number of aromatic nitrogens is 1. The first-order chi connectivity index (χ1) is 9.74. The number of nitrogens with zero attached hydrogens (tertiary/aromatic N) is 1. The first-order valence-electron chi connectivity index (χ1n) is 6.27. The fraction of sp³-hybridized carbons (Fsp3) is 0.0667. The molecule has 0 saturated carbocycles. The third-order valence-electron chi connectivity index (χ3n) is 3.23. The molecule has 0 bridgehead atoms. The topological polar surface area (TPSA) is 71.0 Å². The number of nitro groups is 1. The van der Waals surface area contributed by atoms with E-state index >= 15 is 0 Å². The van der Waals surface area contributed by atoms with Crippen LogP contribution in [-0.2, 0) is 6.54 Å². The predicted molar refractivity (Wildman–Crippen MR) is 78.7 cm³/mol. The molecule has 100 valence electrons. The minimum absolute atomic E-state index is 0.0925. The smallest absolute Gasteiger partial charge is 0.271 e. The lowest BCUT2D eigenvalue weighted by Gasteiger charge is -2.07. The first kappa shape index (κ1) is 12.2. The highest BCUT2D eigenvalue weighted by molar-refractivity contribution is 5.83. The number of nitro benzene ring substituents is 1. The van der Waals surface area contributed by atoms with E-state index in [1.54, 1.807) is 6.07 Å². The molecule has 3 rings (SSSR count). The zero-order valence-electron chi connectivity index (χ0n) is 10.7. The Morgan fingerprint density at radius 3 is 2.85 bits per heavy atom. The first-order valence-corrected chi connectivity index (χ1v) is 6.27. The van der Waals surface area contributed by atoms with Crippen LogP contribution in [0.1, 0.15) is 5.56 Å². The van der Waals surface area contributed by atoms with Gasteiger partial charge < -0.3 is 10.3 Å². The molecule has 0 unspecified atom stereocenters. The summed E-state index contributed by atoms with van der Waals surface area (Å²) in [4.78, 5) is 13.5. The molecule has 1 aromatic heterocycles. The summed E-state index contributed by atoms with van der Waals surface area (Å²) in [5, 5.41) is 15.1. The number of hydrogen-bond acceptors (Lipinski definition) is 3. The molecule has 0 radical (unpaired) electrons. The van der Waals surface area contributed by atoms with Crippen molar-refractivity contribution in [2.75, 3.05) is 5.32 Å². The van der Waals surface area contributed by atoms with Crippen molar-refractivity contribution in [1.29, 1.82) is 0 Å². The number of hydrogen-bond donors (Lipinski definition) is 2. The zero-order valence-corrected chi connectivity index (χ0v) is 10.7. The Morgan fingerprint density at radius 2 is 2.00 bits per heavy atom. The summed E-state index contributed by atoms with van der Waals surface area (Å²) in [6, 6.07) is 14.6. The van der Waals surface area contributed by atoms with Gasteiger partial charge in [-0.1, -0.05) is 18.2 Å². The molecule has 0 spiro atoms. The van der Waals surface area contributed by atoms with Crippen LogP contribution in [0.3, 0.4) is 0 Å². The fourth-order valence-electron chi connectivity index (χ4n) is 2.23. The van der Waals surface area contributed by atoms with Gasteiger partial charge in [-0.15, -0.1) is 0 Å². The normalized spacial score (nSPS) is 10.6. The van der Waals surface area contributed by atoms with Crippen LogP contribution in [0.4, 0.5) is 11.4 Å². The third-order valence-corrected chi connectivity index (χ3v) is 3.23. The van der Waals surface area contributed by atoms with Crippen LogP contribution in [-0.4, -0.2) is 9.91 Å². The van der Waals surface area contributed by atoms with Gasteiger partial charge in [-0.05, 0) is 23.8 Å². The van der Waals surface area contributed by atoms with Crippen LogP contribution < -0.4 is 5.32 Å². The Morgan fingerprint density at radius 1 is 1.15 bits per heavy atom. The van der Waals surface area contributed by atoms with Gasteiger partial charge in [-0.2, -0.15) is 0 Å². The highest BCUT2D eigenvalue weighted by Crippen LogP contribution is 2.21. The maximum atomic E-state index is 10.7. The van der Waals surface area contributed by atoms with Crippen LogP contribution in [0.5, 0.6) is 0 Å². The average Bonchev–Trinajstić information content (AvgIpc) is 2.94. The van der Waals surface area contributed by atoms with E-state index in [0.717, 1.165) is 22.2 Å². The van der Waals surface area contributed by atoms with Gasteiger partial charge in [0, 0.05) is 41.5 Å². The molecule has 5 nitrogen and oxygen atoms in total. The SMILES string of the molecule is O=[N+]([O-])c1cccc(NCc2cccc3[nH]ccc23)c1. The summed E-state index contributed by atoms with van der Waals surface area (Å²) >= 11 is 0. The maximum absolute atomic E-state index is 10.7. The van der Waals surface area contributed by atoms with Crippen LogP contribution in [0.25, 0.3) is 10.9 Å². The van der Waals surface area contributed by atoms with Crippen LogP contribution >= 0.6 is 0 Å². The molecule has 0 atom stereocenters. The maximum Gasteiger partial charge on any atom is 0.271 e. The molecule has 0 amide bonds. The van der Waals surface area contributed by atoms with Gasteiger partial charge in [-0.3, -0.25) is 10.1 Å². The monoisotopic (exact) mass is 267 g/mol. The standard InChI is InChI=1S/C15H13N3O2/c19-18(20)13-5-2-4-12(9-13)17-10-11-3-1-6-15-14(11)7-8-16-15/h1-9,16-17H,10H2.